The van der Waals surface area contributed by atoms with Crippen molar-refractivity contribution in [3.05, 3.63) is 88.4 Å². The van der Waals surface area contributed by atoms with Crippen LogP contribution >= 0.6 is 11.3 Å². The third-order valence-electron chi connectivity index (χ3n) is 5.15. The highest BCUT2D eigenvalue weighted by atomic mass is 32.1. The number of thiazole rings is 1. The minimum Gasteiger partial charge on any atom is -0.493 e. The molecule has 1 unspecified atom stereocenters. The van der Waals surface area contributed by atoms with Gasteiger partial charge in [-0.1, -0.05) is 49.4 Å². The van der Waals surface area contributed by atoms with Crippen LogP contribution in [-0.4, -0.2) is 17.2 Å². The maximum Gasteiger partial charge on any atom is 0.161 e. The zero-order valence-corrected chi connectivity index (χ0v) is 17.3. The number of benzene rings is 3. The molecule has 0 aliphatic heterocycles. The molecule has 0 radical (unpaired) electrons. The van der Waals surface area contributed by atoms with Crippen LogP contribution in [0.2, 0.25) is 0 Å². The summed E-state index contributed by atoms with van der Waals surface area (Å²) in [4.78, 5) is 4.31. The Kier molecular flexibility index (Phi) is 5.51. The van der Waals surface area contributed by atoms with Crippen LogP contribution in [0.5, 0.6) is 11.5 Å². The van der Waals surface area contributed by atoms with E-state index in [4.69, 9.17) is 9.47 Å². The summed E-state index contributed by atoms with van der Waals surface area (Å²) < 4.78 is 11.6. The van der Waals surface area contributed by atoms with Crippen LogP contribution in [0, 0.1) is 0 Å². The van der Waals surface area contributed by atoms with Gasteiger partial charge in [0.1, 0.15) is 17.2 Å². The molecule has 148 valence electrons. The van der Waals surface area contributed by atoms with E-state index < -0.39 is 5.60 Å². The Bertz CT molecular complexity index is 1110. The Morgan fingerprint density at radius 1 is 1.00 bits per heavy atom. The second-order valence-corrected chi connectivity index (χ2v) is 7.78. The summed E-state index contributed by atoms with van der Waals surface area (Å²) in [7, 11) is 1.61. The average Bonchev–Trinajstić information content (AvgIpc) is 3.32. The molecule has 0 amide bonds. The molecular formula is C24H23NO3S. The molecule has 0 saturated heterocycles. The van der Waals surface area contributed by atoms with Gasteiger partial charge in [0.25, 0.3) is 0 Å². The van der Waals surface area contributed by atoms with Crippen LogP contribution in [0.4, 0.5) is 0 Å². The van der Waals surface area contributed by atoms with Gasteiger partial charge in [0.2, 0.25) is 0 Å². The zero-order chi connectivity index (χ0) is 20.3. The van der Waals surface area contributed by atoms with E-state index in [1.54, 1.807) is 13.3 Å². The van der Waals surface area contributed by atoms with Gasteiger partial charge < -0.3 is 14.6 Å². The first kappa shape index (κ1) is 19.4. The van der Waals surface area contributed by atoms with Crippen LogP contribution in [0.15, 0.2) is 72.2 Å². The fourth-order valence-electron chi connectivity index (χ4n) is 3.44. The van der Waals surface area contributed by atoms with Crippen LogP contribution in [0.3, 0.4) is 0 Å². The van der Waals surface area contributed by atoms with Crippen molar-refractivity contribution in [2.75, 3.05) is 7.11 Å². The maximum atomic E-state index is 11.2. The van der Waals surface area contributed by atoms with Crippen LogP contribution < -0.4 is 9.47 Å². The van der Waals surface area contributed by atoms with E-state index in [1.807, 2.05) is 42.6 Å². The van der Waals surface area contributed by atoms with Gasteiger partial charge in [0.15, 0.2) is 11.5 Å². The predicted octanol–water partition coefficient (Wildman–Crippen LogP) is 5.53. The first-order valence-corrected chi connectivity index (χ1v) is 10.4. The smallest absolute Gasteiger partial charge is 0.161 e. The molecule has 1 heterocycles. The molecule has 1 N–H and O–H groups in total. The normalized spacial score (nSPS) is 13.2. The zero-order valence-electron chi connectivity index (χ0n) is 16.5. The predicted molar refractivity (Wildman–Crippen MR) is 117 cm³/mol. The van der Waals surface area contributed by atoms with E-state index in [0.717, 1.165) is 11.1 Å². The summed E-state index contributed by atoms with van der Waals surface area (Å²) in [6.07, 6.45) is 2.22. The number of hydrogen-bond donors (Lipinski definition) is 1. The molecule has 5 heteroatoms. The van der Waals surface area contributed by atoms with Crippen molar-refractivity contribution in [1.82, 2.24) is 4.98 Å². The molecule has 1 aromatic heterocycles. The number of rotatable bonds is 7. The molecule has 3 aromatic carbocycles. The lowest BCUT2D eigenvalue weighted by Crippen LogP contribution is -2.26. The van der Waals surface area contributed by atoms with Crippen LogP contribution in [0.1, 0.15) is 29.5 Å². The Morgan fingerprint density at radius 2 is 1.83 bits per heavy atom. The number of ether oxygens (including phenoxy) is 2. The molecule has 29 heavy (non-hydrogen) atoms. The Balaban J connectivity index is 1.58. The topological polar surface area (TPSA) is 51.6 Å². The third kappa shape index (κ3) is 3.84. The largest absolute Gasteiger partial charge is 0.493 e. The number of methoxy groups -OCH3 is 1. The monoisotopic (exact) mass is 405 g/mol. The van der Waals surface area contributed by atoms with Crippen molar-refractivity contribution in [2.45, 2.75) is 25.6 Å². The minimum absolute atomic E-state index is 0.436. The first-order chi connectivity index (χ1) is 14.1. The number of hydrogen-bond acceptors (Lipinski definition) is 5. The average molecular weight is 406 g/mol. The fraction of sp³-hybridized carbons (Fsp3) is 0.208. The molecule has 0 spiro atoms. The molecule has 0 bridgehead atoms. The number of aliphatic hydroxyl groups is 1. The molecule has 4 nitrogen and oxygen atoms in total. The fourth-order valence-corrected chi connectivity index (χ4v) is 4.27. The second-order valence-electron chi connectivity index (χ2n) is 6.89. The summed E-state index contributed by atoms with van der Waals surface area (Å²) in [5, 5.41) is 16.2. The van der Waals surface area contributed by atoms with E-state index in [-0.39, 0.29) is 0 Å². The van der Waals surface area contributed by atoms with Crippen molar-refractivity contribution in [3.8, 4) is 11.5 Å². The summed E-state index contributed by atoms with van der Waals surface area (Å²) in [6, 6.07) is 20.1. The van der Waals surface area contributed by atoms with E-state index in [1.165, 1.54) is 22.1 Å². The second kappa shape index (κ2) is 8.23. The van der Waals surface area contributed by atoms with Gasteiger partial charge >= 0.3 is 0 Å². The number of aromatic nitrogens is 1. The minimum atomic E-state index is -1.14. The molecule has 1 atom stereocenters. The van der Waals surface area contributed by atoms with Crippen molar-refractivity contribution >= 4 is 22.1 Å². The Morgan fingerprint density at radius 3 is 2.55 bits per heavy atom. The summed E-state index contributed by atoms with van der Waals surface area (Å²) >= 11 is 1.44. The maximum absolute atomic E-state index is 11.2. The third-order valence-corrected chi connectivity index (χ3v) is 6.07. The van der Waals surface area contributed by atoms with E-state index >= 15 is 0 Å². The van der Waals surface area contributed by atoms with Gasteiger partial charge in [-0.15, -0.1) is 11.3 Å². The molecule has 0 saturated carbocycles. The van der Waals surface area contributed by atoms with Crippen molar-refractivity contribution in [3.63, 3.8) is 0 Å². The molecule has 4 rings (SSSR count). The first-order valence-electron chi connectivity index (χ1n) is 9.55. The molecule has 4 aromatic rings. The van der Waals surface area contributed by atoms with E-state index in [2.05, 4.69) is 35.3 Å². The molecular weight excluding hydrogens is 382 g/mol. The van der Waals surface area contributed by atoms with Gasteiger partial charge in [0.05, 0.1) is 7.11 Å². The standard InChI is InChI=1S/C24H23NO3S/c1-3-24(26,23-25-12-13-29-23)20-10-11-21(22(15-20)27-2)28-16-17-8-9-18-6-4-5-7-19(18)14-17/h4-15,26H,3,16H2,1-2H3. The van der Waals surface area contributed by atoms with Crippen LogP contribution in [0.25, 0.3) is 10.8 Å². The van der Waals surface area contributed by atoms with E-state index in [0.29, 0.717) is 29.5 Å². The number of fused-ring (bicyclic) bond motifs is 1. The van der Waals surface area contributed by atoms with E-state index in [9.17, 15) is 5.11 Å². The van der Waals surface area contributed by atoms with Gasteiger partial charge in [-0.25, -0.2) is 4.98 Å². The molecule has 0 aliphatic rings. The van der Waals surface area contributed by atoms with Crippen molar-refractivity contribution in [1.29, 1.82) is 0 Å². The lowest BCUT2D eigenvalue weighted by Gasteiger charge is -2.26. The summed E-state index contributed by atoms with van der Waals surface area (Å²) in [5.41, 5.74) is 0.686. The van der Waals surface area contributed by atoms with Gasteiger partial charge in [-0.2, -0.15) is 0 Å². The highest BCUT2D eigenvalue weighted by molar-refractivity contribution is 7.09. The van der Waals surface area contributed by atoms with Gasteiger partial charge in [-0.05, 0) is 46.5 Å². The number of nitrogens with zero attached hydrogens (tertiary/aromatic N) is 1. The van der Waals surface area contributed by atoms with Gasteiger partial charge in [0, 0.05) is 11.6 Å². The summed E-state index contributed by atoms with van der Waals surface area (Å²) in [5.74, 6) is 1.23. The van der Waals surface area contributed by atoms with Crippen molar-refractivity contribution in [2.24, 2.45) is 0 Å². The SMILES string of the molecule is CCC(O)(c1ccc(OCc2ccc3ccccc3c2)c(OC)c1)c1nccs1. The quantitative estimate of drug-likeness (QED) is 0.439. The lowest BCUT2D eigenvalue weighted by atomic mass is 9.91. The molecule has 0 fully saturated rings. The highest BCUT2D eigenvalue weighted by Crippen LogP contribution is 2.38. The molecule has 0 aliphatic carbocycles. The Hall–Kier alpha value is -2.89. The van der Waals surface area contributed by atoms with Gasteiger partial charge in [-0.3, -0.25) is 0 Å². The lowest BCUT2D eigenvalue weighted by molar-refractivity contribution is 0.0758. The summed E-state index contributed by atoms with van der Waals surface area (Å²) in [6.45, 7) is 2.38. The van der Waals surface area contributed by atoms with Crippen LogP contribution in [-0.2, 0) is 12.2 Å². The Labute approximate surface area is 174 Å². The van der Waals surface area contributed by atoms with Crippen molar-refractivity contribution < 1.29 is 14.6 Å². The highest BCUT2D eigenvalue weighted by Gasteiger charge is 2.33.